The van der Waals surface area contributed by atoms with Gasteiger partial charge in [-0.15, -0.1) is 0 Å². The second kappa shape index (κ2) is 10.9. The van der Waals surface area contributed by atoms with Crippen molar-refractivity contribution in [3.05, 3.63) is 81.6 Å². The number of carboxylic acid groups (broad SMARTS) is 1. The number of carbonyl (C=O) groups is 1. The number of rotatable bonds is 9. The summed E-state index contributed by atoms with van der Waals surface area (Å²) in [5.74, 6) is 0.184. The molecule has 3 fully saturated rings. The number of nitrogens with zero attached hydrogens (tertiary/aromatic N) is 3. The number of ether oxygens (including phenoxy) is 1. The number of aromatic nitrogens is 2. The van der Waals surface area contributed by atoms with Crippen LogP contribution in [0.1, 0.15) is 71.9 Å². The van der Waals surface area contributed by atoms with Crippen LogP contribution in [0.15, 0.2) is 57.8 Å². The Hall–Kier alpha value is -3.17. The summed E-state index contributed by atoms with van der Waals surface area (Å²) in [5.41, 5.74) is 4.60. The minimum atomic E-state index is -1.11. The van der Waals surface area contributed by atoms with E-state index in [-0.39, 0.29) is 11.9 Å². The normalized spacial score (nSPS) is 22.3. The van der Waals surface area contributed by atoms with Gasteiger partial charge in [0, 0.05) is 41.9 Å². The average Bonchev–Trinajstić information content (AvgIpc) is 3.45. The Morgan fingerprint density at radius 1 is 1.05 bits per heavy atom. The van der Waals surface area contributed by atoms with Crippen LogP contribution in [0.2, 0.25) is 10.0 Å². The van der Waals surface area contributed by atoms with Crippen LogP contribution in [-0.4, -0.2) is 44.3 Å². The zero-order chi connectivity index (χ0) is 28.1. The molecular weight excluding hydrogens is 565 g/mol. The standard InChI is InChI=1S/C31H29Cl2N3O5/c32-24-2-1-3-25(33)27(24)28-23(29(41-35-28)18-5-6-18)15-36-19-7-8-20(36)13-21(12-19)40-16-17-4-9-26(34-14-17)22-10-11-39-30(22)31(37)38/h1-4,9-11,14,18-21H,5-8,12-13,15-16H2,(H,37,38). The molecule has 2 unspecified atom stereocenters. The maximum absolute atomic E-state index is 11.4. The average molecular weight is 594 g/mol. The topological polar surface area (TPSA) is 102 Å². The number of pyridine rings is 1. The second-order valence-corrected chi connectivity index (χ2v) is 12.0. The van der Waals surface area contributed by atoms with Crippen molar-refractivity contribution < 1.29 is 23.6 Å². The summed E-state index contributed by atoms with van der Waals surface area (Å²) in [4.78, 5) is 18.4. The van der Waals surface area contributed by atoms with Gasteiger partial charge in [0.25, 0.3) is 0 Å². The second-order valence-electron chi connectivity index (χ2n) is 11.2. The van der Waals surface area contributed by atoms with Crippen molar-refractivity contribution in [1.29, 1.82) is 0 Å². The molecule has 1 aliphatic carbocycles. The van der Waals surface area contributed by atoms with E-state index in [1.807, 2.05) is 30.3 Å². The van der Waals surface area contributed by atoms with Crippen molar-refractivity contribution in [2.75, 3.05) is 0 Å². The summed E-state index contributed by atoms with van der Waals surface area (Å²) in [6, 6.07) is 11.7. The van der Waals surface area contributed by atoms with Crippen molar-refractivity contribution >= 4 is 29.2 Å². The molecule has 1 N–H and O–H groups in total. The predicted octanol–water partition coefficient (Wildman–Crippen LogP) is 7.59. The molecule has 8 nitrogen and oxygen atoms in total. The van der Waals surface area contributed by atoms with Gasteiger partial charge in [0.1, 0.15) is 11.5 Å². The third-order valence-corrected chi connectivity index (χ3v) is 9.22. The number of benzene rings is 1. The molecule has 0 radical (unpaired) electrons. The number of fused-ring (bicyclic) bond motifs is 2. The van der Waals surface area contributed by atoms with Crippen LogP contribution in [-0.2, 0) is 17.9 Å². The Bertz CT molecular complexity index is 1540. The van der Waals surface area contributed by atoms with Gasteiger partial charge in [-0.2, -0.15) is 0 Å². The number of halogens is 2. The lowest BCUT2D eigenvalue weighted by atomic mass is 9.97. The van der Waals surface area contributed by atoms with Crippen LogP contribution in [0, 0.1) is 0 Å². The number of carboxylic acids is 1. The van der Waals surface area contributed by atoms with E-state index >= 15 is 0 Å². The van der Waals surface area contributed by atoms with E-state index in [4.69, 9.17) is 36.9 Å². The lowest BCUT2D eigenvalue weighted by molar-refractivity contribution is -0.0307. The first-order chi connectivity index (χ1) is 20.0. The van der Waals surface area contributed by atoms with Gasteiger partial charge < -0.3 is 18.8 Å². The molecule has 0 amide bonds. The van der Waals surface area contributed by atoms with E-state index < -0.39 is 5.97 Å². The highest BCUT2D eigenvalue weighted by molar-refractivity contribution is 6.39. The SMILES string of the molecule is O=C(O)c1occc1-c1ccc(COC2CC3CCC(C2)N3Cc2c(-c3c(Cl)cccc3Cl)noc2C2CC2)cn1. The van der Waals surface area contributed by atoms with Crippen LogP contribution in [0.4, 0.5) is 0 Å². The van der Waals surface area contributed by atoms with E-state index in [1.165, 1.54) is 6.26 Å². The lowest BCUT2D eigenvalue weighted by Crippen LogP contribution is -2.45. The Balaban J connectivity index is 1.03. The molecule has 41 heavy (non-hydrogen) atoms. The van der Waals surface area contributed by atoms with Crippen molar-refractivity contribution in [2.45, 2.75) is 75.8 Å². The third kappa shape index (κ3) is 5.18. The molecule has 4 aromatic rings. The highest BCUT2D eigenvalue weighted by atomic mass is 35.5. The van der Waals surface area contributed by atoms with Gasteiger partial charge in [0.2, 0.25) is 5.76 Å². The number of piperidine rings is 1. The predicted molar refractivity (Wildman–Crippen MR) is 153 cm³/mol. The summed E-state index contributed by atoms with van der Waals surface area (Å²) in [5, 5.41) is 15.0. The molecule has 212 valence electrons. The largest absolute Gasteiger partial charge is 0.475 e. The van der Waals surface area contributed by atoms with Crippen LogP contribution in [0.25, 0.3) is 22.5 Å². The molecule has 1 aromatic carbocycles. The number of hydrogen-bond donors (Lipinski definition) is 1. The molecule has 2 atom stereocenters. The molecule has 2 bridgehead atoms. The van der Waals surface area contributed by atoms with Gasteiger partial charge in [-0.1, -0.05) is 40.5 Å². The highest BCUT2D eigenvalue weighted by Crippen LogP contribution is 2.48. The Morgan fingerprint density at radius 3 is 2.46 bits per heavy atom. The molecule has 0 spiro atoms. The van der Waals surface area contributed by atoms with Crippen LogP contribution in [0.5, 0.6) is 0 Å². The number of hydrogen-bond acceptors (Lipinski definition) is 7. The van der Waals surface area contributed by atoms with E-state index in [0.29, 0.717) is 45.9 Å². The summed E-state index contributed by atoms with van der Waals surface area (Å²) in [7, 11) is 0. The zero-order valence-corrected chi connectivity index (χ0v) is 23.8. The minimum Gasteiger partial charge on any atom is -0.475 e. The Labute approximate surface area is 247 Å². The van der Waals surface area contributed by atoms with Crippen LogP contribution < -0.4 is 0 Å². The van der Waals surface area contributed by atoms with Crippen molar-refractivity contribution in [3.63, 3.8) is 0 Å². The maximum atomic E-state index is 11.4. The van der Waals surface area contributed by atoms with Gasteiger partial charge >= 0.3 is 5.97 Å². The zero-order valence-electron chi connectivity index (χ0n) is 22.3. The van der Waals surface area contributed by atoms with Crippen molar-refractivity contribution in [3.8, 4) is 22.5 Å². The monoisotopic (exact) mass is 593 g/mol. The smallest absolute Gasteiger partial charge is 0.372 e. The number of furan rings is 1. The first kappa shape index (κ1) is 26.7. The molecule has 5 heterocycles. The fraction of sp³-hybridized carbons (Fsp3) is 0.387. The fourth-order valence-electron chi connectivity index (χ4n) is 6.42. The summed E-state index contributed by atoms with van der Waals surface area (Å²) in [6.07, 6.45) is 9.73. The molecule has 10 heteroatoms. The third-order valence-electron chi connectivity index (χ3n) is 8.59. The summed E-state index contributed by atoms with van der Waals surface area (Å²) in [6.45, 7) is 1.23. The number of aromatic carboxylic acids is 1. The van der Waals surface area contributed by atoms with Gasteiger partial charge in [-0.3, -0.25) is 9.88 Å². The van der Waals surface area contributed by atoms with E-state index in [1.54, 1.807) is 12.3 Å². The fourth-order valence-corrected chi connectivity index (χ4v) is 7.00. The van der Waals surface area contributed by atoms with Gasteiger partial charge in [-0.25, -0.2) is 4.79 Å². The molecule has 2 saturated heterocycles. The first-order valence-electron chi connectivity index (χ1n) is 14.0. The molecule has 1 saturated carbocycles. The van der Waals surface area contributed by atoms with Gasteiger partial charge in [-0.05, 0) is 68.4 Å². The van der Waals surface area contributed by atoms with Gasteiger partial charge in [0.05, 0.1) is 40.3 Å². The summed E-state index contributed by atoms with van der Waals surface area (Å²) >= 11 is 13.2. The van der Waals surface area contributed by atoms with Crippen LogP contribution >= 0.6 is 23.2 Å². The minimum absolute atomic E-state index is 0.110. The van der Waals surface area contributed by atoms with E-state index in [2.05, 4.69) is 15.0 Å². The molecule has 3 aliphatic rings. The van der Waals surface area contributed by atoms with E-state index in [9.17, 15) is 9.90 Å². The lowest BCUT2D eigenvalue weighted by Gasteiger charge is -2.39. The maximum Gasteiger partial charge on any atom is 0.372 e. The highest BCUT2D eigenvalue weighted by Gasteiger charge is 2.43. The van der Waals surface area contributed by atoms with Crippen molar-refractivity contribution in [1.82, 2.24) is 15.0 Å². The quantitative estimate of drug-likeness (QED) is 0.212. The molecule has 3 aromatic heterocycles. The molecular formula is C31H29Cl2N3O5. The Morgan fingerprint density at radius 2 is 1.80 bits per heavy atom. The Kier molecular flexibility index (Phi) is 7.11. The van der Waals surface area contributed by atoms with Gasteiger partial charge in [0.15, 0.2) is 0 Å². The van der Waals surface area contributed by atoms with Crippen molar-refractivity contribution in [2.24, 2.45) is 0 Å². The first-order valence-corrected chi connectivity index (χ1v) is 14.8. The molecule has 2 aliphatic heterocycles. The van der Waals surface area contributed by atoms with Crippen LogP contribution in [0.3, 0.4) is 0 Å². The van der Waals surface area contributed by atoms with E-state index in [0.717, 1.165) is 73.2 Å². The molecule has 7 rings (SSSR count). The summed E-state index contributed by atoms with van der Waals surface area (Å²) < 4.78 is 17.4.